The van der Waals surface area contributed by atoms with E-state index in [2.05, 4.69) is 48.2 Å². The van der Waals surface area contributed by atoms with Crippen LogP contribution in [-0.2, 0) is 0 Å². The Morgan fingerprint density at radius 2 is 2.24 bits per heavy atom. The van der Waals surface area contributed by atoms with Crippen LogP contribution in [0.4, 0.5) is 0 Å². The molecule has 17 heavy (non-hydrogen) atoms. The molecule has 4 heteroatoms. The summed E-state index contributed by atoms with van der Waals surface area (Å²) in [6.45, 7) is 8.93. The number of nitrogens with two attached hydrogens (primary N) is 1. The maximum atomic E-state index is 6.25. The predicted molar refractivity (Wildman–Crippen MR) is 74.4 cm³/mol. The van der Waals surface area contributed by atoms with Crippen molar-refractivity contribution in [1.82, 2.24) is 9.80 Å². The first kappa shape index (κ1) is 13.0. The van der Waals surface area contributed by atoms with Crippen LogP contribution in [0.2, 0.25) is 0 Å². The molecule has 1 aromatic rings. The minimum Gasteiger partial charge on any atom is -0.322 e. The first-order valence-electron chi connectivity index (χ1n) is 6.21. The average molecular weight is 253 g/mol. The largest absolute Gasteiger partial charge is 0.322 e. The highest BCUT2D eigenvalue weighted by Gasteiger charge is 2.31. The molecular formula is C13H23N3S. The average Bonchev–Trinajstić information content (AvgIpc) is 2.76. The molecule has 0 bridgehead atoms. The first-order valence-corrected chi connectivity index (χ1v) is 7.09. The SMILES string of the molecule is CN1CCN(CC(N)c2cccs2)CC1(C)C. The molecule has 0 spiro atoms. The van der Waals surface area contributed by atoms with Crippen molar-refractivity contribution < 1.29 is 0 Å². The minimum absolute atomic E-state index is 0.161. The van der Waals surface area contributed by atoms with E-state index in [1.165, 1.54) is 4.88 Å². The van der Waals surface area contributed by atoms with Gasteiger partial charge in [-0.3, -0.25) is 9.80 Å². The molecule has 0 aliphatic carbocycles. The van der Waals surface area contributed by atoms with E-state index in [0.717, 1.165) is 26.2 Å². The predicted octanol–water partition coefficient (Wildman–Crippen LogP) is 1.77. The Morgan fingerprint density at radius 3 is 2.82 bits per heavy atom. The summed E-state index contributed by atoms with van der Waals surface area (Å²) in [7, 11) is 2.20. The number of likely N-dealkylation sites (N-methyl/N-ethyl adjacent to an activating group) is 1. The van der Waals surface area contributed by atoms with Crippen molar-refractivity contribution in [2.24, 2.45) is 5.73 Å². The number of piperazine rings is 1. The van der Waals surface area contributed by atoms with Gasteiger partial charge >= 0.3 is 0 Å². The van der Waals surface area contributed by atoms with Crippen LogP contribution in [0.3, 0.4) is 0 Å². The fourth-order valence-electron chi connectivity index (χ4n) is 2.37. The van der Waals surface area contributed by atoms with Gasteiger partial charge in [-0.1, -0.05) is 6.07 Å². The van der Waals surface area contributed by atoms with Crippen molar-refractivity contribution >= 4 is 11.3 Å². The third-order valence-electron chi connectivity index (χ3n) is 3.76. The highest BCUT2D eigenvalue weighted by atomic mass is 32.1. The van der Waals surface area contributed by atoms with E-state index in [-0.39, 0.29) is 11.6 Å². The van der Waals surface area contributed by atoms with Gasteiger partial charge in [0.15, 0.2) is 0 Å². The van der Waals surface area contributed by atoms with Crippen LogP contribution in [-0.4, -0.2) is 48.6 Å². The third kappa shape index (κ3) is 3.07. The Bertz CT molecular complexity index is 348. The number of nitrogens with zero attached hydrogens (tertiary/aromatic N) is 2. The minimum atomic E-state index is 0.161. The molecule has 3 nitrogen and oxygen atoms in total. The Hall–Kier alpha value is -0.420. The number of rotatable bonds is 3. The van der Waals surface area contributed by atoms with Crippen LogP contribution < -0.4 is 5.73 Å². The van der Waals surface area contributed by atoms with Crippen molar-refractivity contribution in [2.45, 2.75) is 25.4 Å². The number of thiophene rings is 1. The molecular weight excluding hydrogens is 230 g/mol. The lowest BCUT2D eigenvalue weighted by Crippen LogP contribution is -2.58. The summed E-state index contributed by atoms with van der Waals surface area (Å²) in [5.41, 5.74) is 6.51. The van der Waals surface area contributed by atoms with Gasteiger partial charge in [-0.25, -0.2) is 0 Å². The van der Waals surface area contributed by atoms with E-state index in [1.807, 2.05) is 0 Å². The molecule has 1 aliphatic heterocycles. The van der Waals surface area contributed by atoms with Gasteiger partial charge in [0.25, 0.3) is 0 Å². The van der Waals surface area contributed by atoms with Crippen LogP contribution >= 0.6 is 11.3 Å². The standard InChI is InChI=1S/C13H23N3S/c1-13(2)10-16(7-6-15(13)3)9-11(14)12-5-4-8-17-12/h4-5,8,11H,6-7,9-10,14H2,1-3H3. The molecule has 2 rings (SSSR count). The Balaban J connectivity index is 1.92. The van der Waals surface area contributed by atoms with E-state index >= 15 is 0 Å². The van der Waals surface area contributed by atoms with Gasteiger partial charge in [0.1, 0.15) is 0 Å². The van der Waals surface area contributed by atoms with Gasteiger partial charge in [-0.05, 0) is 32.3 Å². The molecule has 1 unspecified atom stereocenters. The van der Waals surface area contributed by atoms with E-state index in [4.69, 9.17) is 5.73 Å². The summed E-state index contributed by atoms with van der Waals surface area (Å²) in [4.78, 5) is 6.21. The lowest BCUT2D eigenvalue weighted by Gasteiger charge is -2.45. The summed E-state index contributed by atoms with van der Waals surface area (Å²) in [5.74, 6) is 0. The lowest BCUT2D eigenvalue weighted by atomic mass is 9.99. The van der Waals surface area contributed by atoms with Gasteiger partial charge in [-0.15, -0.1) is 11.3 Å². The summed E-state index contributed by atoms with van der Waals surface area (Å²) >= 11 is 1.76. The van der Waals surface area contributed by atoms with Crippen molar-refractivity contribution in [1.29, 1.82) is 0 Å². The second-order valence-corrected chi connectivity index (χ2v) is 6.57. The Morgan fingerprint density at radius 1 is 1.47 bits per heavy atom. The molecule has 1 fully saturated rings. The van der Waals surface area contributed by atoms with Crippen molar-refractivity contribution in [3.8, 4) is 0 Å². The molecule has 0 saturated carbocycles. The quantitative estimate of drug-likeness (QED) is 0.891. The normalized spacial score (nSPS) is 23.8. The summed E-state index contributed by atoms with van der Waals surface area (Å²) in [6.07, 6.45) is 0. The summed E-state index contributed by atoms with van der Waals surface area (Å²) in [5, 5.41) is 2.10. The Labute approximate surface area is 108 Å². The zero-order chi connectivity index (χ0) is 12.5. The van der Waals surface area contributed by atoms with E-state index < -0.39 is 0 Å². The second-order valence-electron chi connectivity index (χ2n) is 5.59. The van der Waals surface area contributed by atoms with Crippen molar-refractivity contribution in [3.05, 3.63) is 22.4 Å². The number of hydrogen-bond donors (Lipinski definition) is 1. The van der Waals surface area contributed by atoms with E-state index in [1.54, 1.807) is 11.3 Å². The van der Waals surface area contributed by atoms with Crippen LogP contribution in [0.15, 0.2) is 17.5 Å². The smallest absolute Gasteiger partial charge is 0.0519 e. The van der Waals surface area contributed by atoms with Crippen LogP contribution in [0, 0.1) is 0 Å². The molecule has 96 valence electrons. The van der Waals surface area contributed by atoms with Crippen LogP contribution in [0.1, 0.15) is 24.8 Å². The fourth-order valence-corrected chi connectivity index (χ4v) is 3.09. The molecule has 1 aliphatic rings. The zero-order valence-electron chi connectivity index (χ0n) is 11.0. The summed E-state index contributed by atoms with van der Waals surface area (Å²) in [6, 6.07) is 4.37. The fraction of sp³-hybridized carbons (Fsp3) is 0.692. The monoisotopic (exact) mass is 253 g/mol. The first-order chi connectivity index (χ1) is 7.99. The van der Waals surface area contributed by atoms with Gasteiger partial charge < -0.3 is 5.73 Å². The lowest BCUT2D eigenvalue weighted by molar-refractivity contribution is 0.0373. The molecule has 0 amide bonds. The topological polar surface area (TPSA) is 32.5 Å². The maximum Gasteiger partial charge on any atom is 0.0519 e. The third-order valence-corrected chi connectivity index (χ3v) is 4.76. The molecule has 1 atom stereocenters. The van der Waals surface area contributed by atoms with E-state index in [0.29, 0.717) is 0 Å². The van der Waals surface area contributed by atoms with Gasteiger partial charge in [0.2, 0.25) is 0 Å². The molecule has 2 heterocycles. The van der Waals surface area contributed by atoms with E-state index in [9.17, 15) is 0 Å². The van der Waals surface area contributed by atoms with Gasteiger partial charge in [0, 0.05) is 36.6 Å². The van der Waals surface area contributed by atoms with Gasteiger partial charge in [-0.2, -0.15) is 0 Å². The molecule has 0 aromatic carbocycles. The molecule has 1 saturated heterocycles. The van der Waals surface area contributed by atoms with Crippen LogP contribution in [0.25, 0.3) is 0 Å². The molecule has 0 radical (unpaired) electrons. The second kappa shape index (κ2) is 5.06. The summed E-state index contributed by atoms with van der Waals surface area (Å²) < 4.78 is 0. The number of hydrogen-bond acceptors (Lipinski definition) is 4. The zero-order valence-corrected chi connectivity index (χ0v) is 11.8. The molecule has 2 N–H and O–H groups in total. The highest BCUT2D eigenvalue weighted by Crippen LogP contribution is 2.22. The highest BCUT2D eigenvalue weighted by molar-refractivity contribution is 7.10. The Kier molecular flexibility index (Phi) is 3.88. The van der Waals surface area contributed by atoms with Gasteiger partial charge in [0.05, 0.1) is 6.04 Å². The van der Waals surface area contributed by atoms with Crippen LogP contribution in [0.5, 0.6) is 0 Å². The molecule has 1 aromatic heterocycles. The van der Waals surface area contributed by atoms with Crippen molar-refractivity contribution in [3.63, 3.8) is 0 Å². The maximum absolute atomic E-state index is 6.25. The van der Waals surface area contributed by atoms with Crippen molar-refractivity contribution in [2.75, 3.05) is 33.2 Å².